The Labute approximate surface area is 109 Å². The third-order valence-electron chi connectivity index (χ3n) is 2.68. The lowest BCUT2D eigenvalue weighted by Crippen LogP contribution is -2.05. The third kappa shape index (κ3) is 1.99. The van der Waals surface area contributed by atoms with Crippen molar-refractivity contribution < 1.29 is 14.3 Å². The number of rotatable bonds is 2. The van der Waals surface area contributed by atoms with Crippen LogP contribution in [0.2, 0.25) is 5.02 Å². The number of pyridine rings is 1. The minimum absolute atomic E-state index is 0.239. The Morgan fingerprint density at radius 1 is 1.33 bits per heavy atom. The number of fused-ring (bicyclic) bond motifs is 1. The van der Waals surface area contributed by atoms with Crippen LogP contribution in [-0.2, 0) is 4.74 Å². The van der Waals surface area contributed by atoms with Crippen LogP contribution < -0.4 is 4.74 Å². The molecule has 0 aliphatic rings. The van der Waals surface area contributed by atoms with Gasteiger partial charge < -0.3 is 9.47 Å². The maximum Gasteiger partial charge on any atom is 0.356 e. The van der Waals surface area contributed by atoms with E-state index >= 15 is 0 Å². The molecule has 1 aromatic carbocycles. The van der Waals surface area contributed by atoms with Gasteiger partial charge in [0.1, 0.15) is 17.0 Å². The van der Waals surface area contributed by atoms with E-state index in [0.29, 0.717) is 16.3 Å². The van der Waals surface area contributed by atoms with Gasteiger partial charge in [-0.3, -0.25) is 0 Å². The van der Waals surface area contributed by atoms with Gasteiger partial charge in [0.25, 0.3) is 0 Å². The number of halogens is 1. The average Bonchev–Trinajstić information content (AvgIpc) is 2.37. The van der Waals surface area contributed by atoms with Crippen molar-refractivity contribution in [2.75, 3.05) is 14.2 Å². The lowest BCUT2D eigenvalue weighted by Gasteiger charge is -2.10. The number of carbonyl (C=O) groups excluding carboxylic acids is 1. The Balaban J connectivity index is 2.81. The first kappa shape index (κ1) is 12.6. The molecule has 4 nitrogen and oxygen atoms in total. The SMILES string of the molecule is COC(=O)c1cc(C)c2c(Cl)ccc(OC)c2n1. The van der Waals surface area contributed by atoms with Gasteiger partial charge >= 0.3 is 5.97 Å². The van der Waals surface area contributed by atoms with Gasteiger partial charge in [-0.25, -0.2) is 9.78 Å². The molecular weight excluding hydrogens is 254 g/mol. The smallest absolute Gasteiger partial charge is 0.356 e. The molecule has 0 bridgehead atoms. The Morgan fingerprint density at radius 3 is 2.67 bits per heavy atom. The molecule has 2 aromatic rings. The summed E-state index contributed by atoms with van der Waals surface area (Å²) >= 11 is 6.15. The summed E-state index contributed by atoms with van der Waals surface area (Å²) in [4.78, 5) is 15.8. The van der Waals surface area contributed by atoms with Gasteiger partial charge in [-0.05, 0) is 30.7 Å². The van der Waals surface area contributed by atoms with E-state index in [0.717, 1.165) is 10.9 Å². The topological polar surface area (TPSA) is 48.4 Å². The summed E-state index contributed by atoms with van der Waals surface area (Å²) in [6.07, 6.45) is 0. The van der Waals surface area contributed by atoms with Crippen molar-refractivity contribution in [3.05, 3.63) is 34.5 Å². The molecule has 0 unspecified atom stereocenters. The first-order valence-electron chi connectivity index (χ1n) is 5.30. The summed E-state index contributed by atoms with van der Waals surface area (Å²) in [5, 5.41) is 1.36. The molecule has 0 radical (unpaired) electrons. The van der Waals surface area contributed by atoms with Crippen LogP contribution in [0.4, 0.5) is 0 Å². The highest BCUT2D eigenvalue weighted by Crippen LogP contribution is 2.32. The Morgan fingerprint density at radius 2 is 2.06 bits per heavy atom. The lowest BCUT2D eigenvalue weighted by molar-refractivity contribution is 0.0594. The summed E-state index contributed by atoms with van der Waals surface area (Å²) < 4.78 is 9.90. The van der Waals surface area contributed by atoms with Gasteiger partial charge in [-0.15, -0.1) is 0 Å². The van der Waals surface area contributed by atoms with E-state index in [2.05, 4.69) is 9.72 Å². The fraction of sp³-hybridized carbons (Fsp3) is 0.231. The fourth-order valence-corrected chi connectivity index (χ4v) is 2.14. The first-order valence-corrected chi connectivity index (χ1v) is 5.68. The normalized spacial score (nSPS) is 10.4. The minimum Gasteiger partial charge on any atom is -0.494 e. The monoisotopic (exact) mass is 265 g/mol. The molecule has 1 heterocycles. The Hall–Kier alpha value is -1.81. The summed E-state index contributed by atoms with van der Waals surface area (Å²) in [6, 6.07) is 5.12. The molecule has 0 aliphatic carbocycles. The molecule has 0 saturated heterocycles. The van der Waals surface area contributed by atoms with Crippen LogP contribution in [0.3, 0.4) is 0 Å². The number of benzene rings is 1. The second-order valence-electron chi connectivity index (χ2n) is 3.79. The van der Waals surface area contributed by atoms with Crippen molar-refractivity contribution in [3.8, 4) is 5.75 Å². The van der Waals surface area contributed by atoms with Crippen molar-refractivity contribution in [1.29, 1.82) is 0 Å². The predicted octanol–water partition coefficient (Wildman–Crippen LogP) is 2.99. The van der Waals surface area contributed by atoms with E-state index in [1.54, 1.807) is 25.3 Å². The van der Waals surface area contributed by atoms with Crippen molar-refractivity contribution >= 4 is 28.5 Å². The highest BCUT2D eigenvalue weighted by molar-refractivity contribution is 6.36. The number of hydrogen-bond acceptors (Lipinski definition) is 4. The molecule has 0 spiro atoms. The van der Waals surface area contributed by atoms with Gasteiger partial charge in [0.05, 0.1) is 19.2 Å². The zero-order valence-corrected chi connectivity index (χ0v) is 11.0. The average molecular weight is 266 g/mol. The number of ether oxygens (including phenoxy) is 2. The van der Waals surface area contributed by atoms with Gasteiger partial charge in [-0.2, -0.15) is 0 Å². The van der Waals surface area contributed by atoms with Crippen molar-refractivity contribution in [2.45, 2.75) is 6.92 Å². The van der Waals surface area contributed by atoms with Crippen molar-refractivity contribution in [2.24, 2.45) is 0 Å². The number of esters is 1. The third-order valence-corrected chi connectivity index (χ3v) is 3.00. The van der Waals surface area contributed by atoms with Crippen molar-refractivity contribution in [3.63, 3.8) is 0 Å². The minimum atomic E-state index is -0.484. The molecule has 0 saturated carbocycles. The van der Waals surface area contributed by atoms with Crippen LogP contribution in [0.1, 0.15) is 16.1 Å². The van der Waals surface area contributed by atoms with Gasteiger partial charge in [-0.1, -0.05) is 11.6 Å². The van der Waals surface area contributed by atoms with E-state index in [1.165, 1.54) is 7.11 Å². The molecule has 0 atom stereocenters. The zero-order valence-electron chi connectivity index (χ0n) is 10.3. The number of nitrogens with zero attached hydrogens (tertiary/aromatic N) is 1. The van der Waals surface area contributed by atoms with Crippen LogP contribution in [0.5, 0.6) is 5.75 Å². The molecule has 0 aliphatic heterocycles. The molecule has 0 N–H and O–H groups in total. The molecular formula is C13H12ClNO3. The standard InChI is InChI=1S/C13H12ClNO3/c1-7-6-9(13(16)18-3)15-12-10(17-2)5-4-8(14)11(7)12/h4-6H,1-3H3. The molecule has 5 heteroatoms. The zero-order chi connectivity index (χ0) is 13.3. The highest BCUT2D eigenvalue weighted by atomic mass is 35.5. The number of aromatic nitrogens is 1. The predicted molar refractivity (Wildman–Crippen MR) is 69.4 cm³/mol. The summed E-state index contributed by atoms with van der Waals surface area (Å²) in [5.41, 5.74) is 1.65. The first-order chi connectivity index (χ1) is 8.58. The van der Waals surface area contributed by atoms with E-state index in [1.807, 2.05) is 6.92 Å². The lowest BCUT2D eigenvalue weighted by atomic mass is 10.1. The molecule has 0 amide bonds. The summed E-state index contributed by atoms with van der Waals surface area (Å²) in [5.74, 6) is 0.0882. The number of hydrogen-bond donors (Lipinski definition) is 0. The number of aryl methyl sites for hydroxylation is 1. The highest BCUT2D eigenvalue weighted by Gasteiger charge is 2.15. The van der Waals surface area contributed by atoms with E-state index in [-0.39, 0.29) is 5.69 Å². The van der Waals surface area contributed by atoms with E-state index in [4.69, 9.17) is 16.3 Å². The fourth-order valence-electron chi connectivity index (χ4n) is 1.84. The molecule has 94 valence electrons. The molecule has 2 rings (SSSR count). The largest absolute Gasteiger partial charge is 0.494 e. The van der Waals surface area contributed by atoms with Gasteiger partial charge in [0, 0.05) is 5.39 Å². The van der Waals surface area contributed by atoms with E-state index in [9.17, 15) is 4.79 Å². The van der Waals surface area contributed by atoms with Crippen LogP contribution >= 0.6 is 11.6 Å². The van der Waals surface area contributed by atoms with Gasteiger partial charge in [0.2, 0.25) is 0 Å². The summed E-state index contributed by atoms with van der Waals surface area (Å²) in [6.45, 7) is 1.86. The Bertz CT molecular complexity index is 625. The van der Waals surface area contributed by atoms with Gasteiger partial charge in [0.15, 0.2) is 0 Å². The quantitative estimate of drug-likeness (QED) is 0.783. The second-order valence-corrected chi connectivity index (χ2v) is 4.20. The Kier molecular flexibility index (Phi) is 3.39. The number of methoxy groups -OCH3 is 2. The van der Waals surface area contributed by atoms with Crippen LogP contribution in [0.25, 0.3) is 10.9 Å². The maximum atomic E-state index is 11.5. The van der Waals surface area contributed by atoms with Crippen LogP contribution in [0, 0.1) is 6.92 Å². The van der Waals surface area contributed by atoms with E-state index < -0.39 is 5.97 Å². The van der Waals surface area contributed by atoms with Crippen molar-refractivity contribution in [1.82, 2.24) is 4.98 Å². The summed E-state index contributed by atoms with van der Waals surface area (Å²) in [7, 11) is 2.86. The molecule has 1 aromatic heterocycles. The second kappa shape index (κ2) is 4.82. The number of carbonyl (C=O) groups is 1. The molecule has 0 fully saturated rings. The molecule has 18 heavy (non-hydrogen) atoms. The van der Waals surface area contributed by atoms with Crippen LogP contribution in [0.15, 0.2) is 18.2 Å². The van der Waals surface area contributed by atoms with Crippen LogP contribution in [-0.4, -0.2) is 25.2 Å². The maximum absolute atomic E-state index is 11.5.